The van der Waals surface area contributed by atoms with E-state index in [9.17, 15) is 14.9 Å². The minimum atomic E-state index is -0.495. The number of urea groups is 1. The van der Waals surface area contributed by atoms with E-state index < -0.39 is 17.0 Å². The van der Waals surface area contributed by atoms with Crippen LogP contribution in [0.4, 0.5) is 16.2 Å². The lowest BCUT2D eigenvalue weighted by molar-refractivity contribution is -0.385. The maximum Gasteiger partial charge on any atom is 0.319 e. The second-order valence-electron chi connectivity index (χ2n) is 6.11. The number of nitro benzene ring substituents is 1. The van der Waals surface area contributed by atoms with Gasteiger partial charge < -0.3 is 10.6 Å². The van der Waals surface area contributed by atoms with Gasteiger partial charge >= 0.3 is 6.03 Å². The molecule has 2 aromatic heterocycles. The highest BCUT2D eigenvalue weighted by Crippen LogP contribution is 2.26. The molecule has 0 aliphatic heterocycles. The number of aryl methyl sites for hydroxylation is 2. The van der Waals surface area contributed by atoms with Gasteiger partial charge in [-0.05, 0) is 38.5 Å². The van der Waals surface area contributed by atoms with Crippen LogP contribution in [0.25, 0.3) is 5.95 Å². The predicted molar refractivity (Wildman–Crippen MR) is 100 cm³/mol. The van der Waals surface area contributed by atoms with Crippen molar-refractivity contribution in [3.05, 3.63) is 64.0 Å². The number of carbonyl (C=O) groups is 1. The van der Waals surface area contributed by atoms with Crippen LogP contribution in [0.5, 0.6) is 0 Å². The smallest absolute Gasteiger partial charge is 0.319 e. The summed E-state index contributed by atoms with van der Waals surface area (Å²) < 4.78 is 1.44. The first kappa shape index (κ1) is 18.9. The van der Waals surface area contributed by atoms with Gasteiger partial charge in [0.25, 0.3) is 11.6 Å². The van der Waals surface area contributed by atoms with Crippen molar-refractivity contribution in [2.24, 2.45) is 0 Å². The Morgan fingerprint density at radius 3 is 2.57 bits per heavy atom. The lowest BCUT2D eigenvalue weighted by Gasteiger charge is -2.15. The van der Waals surface area contributed by atoms with Crippen LogP contribution in [0.1, 0.15) is 29.9 Å². The summed E-state index contributed by atoms with van der Waals surface area (Å²) in [6.07, 6.45) is 4.52. The van der Waals surface area contributed by atoms with Gasteiger partial charge in [0.05, 0.1) is 11.0 Å². The third kappa shape index (κ3) is 3.92. The summed E-state index contributed by atoms with van der Waals surface area (Å²) in [5.41, 5.74) is 1.54. The summed E-state index contributed by atoms with van der Waals surface area (Å²) in [5.74, 6) is 0.795. The first-order valence-corrected chi connectivity index (χ1v) is 8.37. The quantitative estimate of drug-likeness (QED) is 0.510. The van der Waals surface area contributed by atoms with E-state index >= 15 is 0 Å². The molecule has 144 valence electrons. The molecule has 2 amide bonds. The van der Waals surface area contributed by atoms with Gasteiger partial charge in [-0.15, -0.1) is 0 Å². The molecule has 1 aromatic carbocycles. The molecule has 2 heterocycles. The highest BCUT2D eigenvalue weighted by atomic mass is 16.6. The van der Waals surface area contributed by atoms with Crippen molar-refractivity contribution in [3.8, 4) is 5.95 Å². The Labute approximate surface area is 160 Å². The Morgan fingerprint density at radius 2 is 1.89 bits per heavy atom. The molecule has 0 radical (unpaired) electrons. The fourth-order valence-electron chi connectivity index (χ4n) is 2.65. The van der Waals surface area contributed by atoms with Crippen LogP contribution in [-0.2, 0) is 0 Å². The highest BCUT2D eigenvalue weighted by molar-refractivity contribution is 5.90. The van der Waals surface area contributed by atoms with Crippen LogP contribution < -0.4 is 10.6 Å². The molecule has 0 unspecified atom stereocenters. The fraction of sp³-hybridized carbons (Fsp3) is 0.235. The van der Waals surface area contributed by atoms with Gasteiger partial charge in [0, 0.05) is 29.7 Å². The number of rotatable bonds is 5. The maximum atomic E-state index is 12.4. The molecule has 0 spiro atoms. The number of amides is 2. The molecule has 11 heteroatoms. The second-order valence-corrected chi connectivity index (χ2v) is 6.11. The van der Waals surface area contributed by atoms with Crippen LogP contribution in [-0.4, -0.2) is 35.7 Å². The number of aromatic nitrogens is 5. The van der Waals surface area contributed by atoms with Crippen molar-refractivity contribution in [1.82, 2.24) is 30.0 Å². The van der Waals surface area contributed by atoms with Gasteiger partial charge in [0.1, 0.15) is 6.33 Å². The number of carbonyl (C=O) groups excluding carboxylic acids is 1. The molecular formula is C17H18N8O3. The van der Waals surface area contributed by atoms with Gasteiger partial charge in [0.2, 0.25) is 0 Å². The highest BCUT2D eigenvalue weighted by Gasteiger charge is 2.19. The van der Waals surface area contributed by atoms with E-state index in [0.717, 1.165) is 0 Å². The minimum Gasteiger partial charge on any atom is -0.328 e. The zero-order valence-corrected chi connectivity index (χ0v) is 15.4. The monoisotopic (exact) mass is 382 g/mol. The third-order valence-corrected chi connectivity index (χ3v) is 4.04. The van der Waals surface area contributed by atoms with Gasteiger partial charge in [0.15, 0.2) is 5.82 Å². The Hall–Kier alpha value is -3.89. The number of hydrogen-bond donors (Lipinski definition) is 2. The van der Waals surface area contributed by atoms with E-state index in [4.69, 9.17) is 0 Å². The SMILES string of the molecule is Cc1cc([N+](=O)[O-])c(C)cc1NC(=O)N[C@@H](C)c1ncnn1-c1ncccn1. The van der Waals surface area contributed by atoms with Crippen molar-refractivity contribution >= 4 is 17.4 Å². The summed E-state index contributed by atoms with van der Waals surface area (Å²) in [4.78, 5) is 35.4. The third-order valence-electron chi connectivity index (χ3n) is 4.04. The molecule has 0 aliphatic carbocycles. The average molecular weight is 382 g/mol. The zero-order valence-electron chi connectivity index (χ0n) is 15.4. The zero-order chi connectivity index (χ0) is 20.3. The van der Waals surface area contributed by atoms with Crippen molar-refractivity contribution in [3.63, 3.8) is 0 Å². The van der Waals surface area contributed by atoms with E-state index in [1.54, 1.807) is 45.3 Å². The minimum absolute atomic E-state index is 0.00721. The average Bonchev–Trinajstić information content (AvgIpc) is 3.15. The lowest BCUT2D eigenvalue weighted by atomic mass is 10.1. The standard InChI is InChI=1S/C17H18N8O3/c1-10-8-14(25(27)28)11(2)7-13(10)23-17(26)22-12(3)15-20-9-21-24(15)16-18-5-4-6-19-16/h4-9,12H,1-3H3,(H2,22,23,26)/t12-/m0/s1. The molecule has 11 nitrogen and oxygen atoms in total. The van der Waals surface area contributed by atoms with Crippen LogP contribution in [0, 0.1) is 24.0 Å². The predicted octanol–water partition coefficient (Wildman–Crippen LogP) is 2.47. The number of hydrogen-bond acceptors (Lipinski definition) is 7. The fourth-order valence-corrected chi connectivity index (χ4v) is 2.65. The molecule has 0 fully saturated rings. The molecule has 3 rings (SSSR count). The molecule has 1 atom stereocenters. The Kier molecular flexibility index (Phi) is 5.25. The van der Waals surface area contributed by atoms with Gasteiger partial charge in [-0.2, -0.15) is 9.78 Å². The van der Waals surface area contributed by atoms with Gasteiger partial charge in [-0.25, -0.2) is 19.7 Å². The molecule has 3 aromatic rings. The molecule has 0 saturated heterocycles. The van der Waals surface area contributed by atoms with Crippen molar-refractivity contribution < 1.29 is 9.72 Å². The topological polar surface area (TPSA) is 141 Å². The van der Waals surface area contributed by atoms with Crippen LogP contribution >= 0.6 is 0 Å². The lowest BCUT2D eigenvalue weighted by Crippen LogP contribution is -2.33. The summed E-state index contributed by atoms with van der Waals surface area (Å²) in [5, 5.41) is 20.6. The summed E-state index contributed by atoms with van der Waals surface area (Å²) >= 11 is 0. The van der Waals surface area contributed by atoms with Crippen molar-refractivity contribution in [1.29, 1.82) is 0 Å². The first-order chi connectivity index (χ1) is 13.4. The largest absolute Gasteiger partial charge is 0.328 e. The van der Waals surface area contributed by atoms with E-state index in [2.05, 4.69) is 30.7 Å². The number of nitrogens with zero attached hydrogens (tertiary/aromatic N) is 6. The number of anilines is 1. The molecule has 2 N–H and O–H groups in total. The Morgan fingerprint density at radius 1 is 1.18 bits per heavy atom. The van der Waals surface area contributed by atoms with Crippen molar-refractivity contribution in [2.75, 3.05) is 5.32 Å². The molecule has 0 aliphatic rings. The Balaban J connectivity index is 1.74. The van der Waals surface area contributed by atoms with E-state index in [-0.39, 0.29) is 5.69 Å². The van der Waals surface area contributed by atoms with Gasteiger partial charge in [-0.3, -0.25) is 10.1 Å². The number of nitrogens with one attached hydrogen (secondary N) is 2. The summed E-state index contributed by atoms with van der Waals surface area (Å²) in [7, 11) is 0. The molecule has 0 saturated carbocycles. The maximum absolute atomic E-state index is 12.4. The van der Waals surface area contributed by atoms with E-state index in [1.807, 2.05) is 0 Å². The van der Waals surface area contributed by atoms with Crippen molar-refractivity contribution in [2.45, 2.75) is 26.8 Å². The number of benzene rings is 1. The summed E-state index contributed by atoms with van der Waals surface area (Å²) in [6, 6.07) is 3.71. The van der Waals surface area contributed by atoms with Crippen LogP contribution in [0.15, 0.2) is 36.9 Å². The summed E-state index contributed by atoms with van der Waals surface area (Å²) in [6.45, 7) is 5.05. The normalized spacial score (nSPS) is 11.7. The van der Waals surface area contributed by atoms with E-state index in [1.165, 1.54) is 17.1 Å². The second kappa shape index (κ2) is 7.78. The van der Waals surface area contributed by atoms with E-state index in [0.29, 0.717) is 28.6 Å². The van der Waals surface area contributed by atoms with Crippen LogP contribution in [0.2, 0.25) is 0 Å². The first-order valence-electron chi connectivity index (χ1n) is 8.37. The van der Waals surface area contributed by atoms with Gasteiger partial charge in [-0.1, -0.05) is 0 Å². The molecular weight excluding hydrogens is 364 g/mol. The molecule has 0 bridgehead atoms. The molecule has 28 heavy (non-hydrogen) atoms. The number of nitro groups is 1. The van der Waals surface area contributed by atoms with Crippen LogP contribution in [0.3, 0.4) is 0 Å². The Bertz CT molecular complexity index is 1020.